The predicted octanol–water partition coefficient (Wildman–Crippen LogP) is 7.61. The van der Waals surface area contributed by atoms with Crippen molar-refractivity contribution in [1.29, 1.82) is 0 Å². The lowest BCUT2D eigenvalue weighted by atomic mass is 9.97. The third-order valence-corrected chi connectivity index (χ3v) is 6.82. The van der Waals surface area contributed by atoms with Crippen LogP contribution in [0.4, 0.5) is 13.2 Å². The first kappa shape index (κ1) is 26.8. The van der Waals surface area contributed by atoms with Gasteiger partial charge in [0, 0.05) is 36.8 Å². The normalized spacial score (nSPS) is 12.2. The number of nitrogens with zero attached hydrogens (tertiary/aromatic N) is 1. The fraction of sp³-hybridized carbons (Fsp3) is 0.276. The summed E-state index contributed by atoms with van der Waals surface area (Å²) in [5.41, 5.74) is 2.28. The van der Waals surface area contributed by atoms with E-state index in [9.17, 15) is 18.0 Å². The highest BCUT2D eigenvalue weighted by molar-refractivity contribution is 6.32. The minimum Gasteiger partial charge on any atom is -0.374 e. The van der Waals surface area contributed by atoms with Crippen molar-refractivity contribution in [2.24, 2.45) is 0 Å². The van der Waals surface area contributed by atoms with E-state index in [1.165, 1.54) is 6.07 Å². The maximum absolute atomic E-state index is 13.8. The van der Waals surface area contributed by atoms with Gasteiger partial charge in [0.25, 0.3) is 5.91 Å². The van der Waals surface area contributed by atoms with Crippen molar-refractivity contribution in [2.75, 3.05) is 13.7 Å². The zero-order chi connectivity index (χ0) is 26.8. The van der Waals surface area contributed by atoms with E-state index < -0.39 is 17.3 Å². The number of methoxy groups -OCH3 is 1. The lowest BCUT2D eigenvalue weighted by Crippen LogP contribution is -2.33. The summed E-state index contributed by atoms with van der Waals surface area (Å²) in [6.07, 6.45) is -2.43. The molecule has 0 saturated heterocycles. The molecule has 4 aromatic rings. The highest BCUT2D eigenvalue weighted by Crippen LogP contribution is 2.30. The Labute approximate surface area is 219 Å². The van der Waals surface area contributed by atoms with Crippen LogP contribution in [0.5, 0.6) is 0 Å². The molecule has 0 aliphatic heterocycles. The Hall–Kier alpha value is -3.29. The van der Waals surface area contributed by atoms with Gasteiger partial charge < -0.3 is 14.6 Å². The minimum atomic E-state index is -4.43. The average molecular weight is 529 g/mol. The fourth-order valence-electron chi connectivity index (χ4n) is 4.24. The van der Waals surface area contributed by atoms with Crippen LogP contribution in [0.25, 0.3) is 10.9 Å². The lowest BCUT2D eigenvalue weighted by Gasteiger charge is -2.26. The molecule has 194 valence electrons. The van der Waals surface area contributed by atoms with Crippen molar-refractivity contribution in [3.63, 3.8) is 0 Å². The number of rotatable bonds is 8. The Morgan fingerprint density at radius 3 is 2.38 bits per heavy atom. The van der Waals surface area contributed by atoms with Crippen LogP contribution >= 0.6 is 11.6 Å². The number of H-pyrrole nitrogens is 1. The Kier molecular flexibility index (Phi) is 7.67. The first-order valence-electron chi connectivity index (χ1n) is 11.8. The van der Waals surface area contributed by atoms with Crippen molar-refractivity contribution in [3.05, 3.63) is 106 Å². The number of alkyl halides is 3. The van der Waals surface area contributed by atoms with E-state index in [1.54, 1.807) is 36.4 Å². The van der Waals surface area contributed by atoms with Gasteiger partial charge in [-0.2, -0.15) is 13.2 Å². The molecule has 1 aromatic heterocycles. The molecule has 0 bridgehead atoms. The standard InChI is InChI=1S/C29H28ClF3N2O2/c1-28(2,37-3)22-9-7-20(8-10-22)18-35(14-12-19-5-4-6-23(15-19)29(31,32)33)27(36)25-17-24(30)16-21-11-13-34-26(21)25/h4-11,13,15-17,34H,12,14,18H2,1-3H3. The summed E-state index contributed by atoms with van der Waals surface area (Å²) >= 11 is 6.29. The number of aromatic nitrogens is 1. The number of nitrogens with one attached hydrogen (secondary N) is 1. The van der Waals surface area contributed by atoms with E-state index in [-0.39, 0.29) is 25.4 Å². The largest absolute Gasteiger partial charge is 0.416 e. The molecule has 1 amide bonds. The van der Waals surface area contributed by atoms with Gasteiger partial charge in [-0.05, 0) is 61.2 Å². The number of carbonyl (C=O) groups is 1. The third-order valence-electron chi connectivity index (χ3n) is 6.60. The summed E-state index contributed by atoms with van der Waals surface area (Å²) < 4.78 is 45.2. The monoisotopic (exact) mass is 528 g/mol. The maximum Gasteiger partial charge on any atom is 0.416 e. The number of hydrogen-bond donors (Lipinski definition) is 1. The molecule has 0 unspecified atom stereocenters. The number of aromatic amines is 1. The summed E-state index contributed by atoms with van der Waals surface area (Å²) in [5.74, 6) is -0.261. The average Bonchev–Trinajstić information content (AvgIpc) is 3.34. The van der Waals surface area contributed by atoms with E-state index in [2.05, 4.69) is 4.98 Å². The van der Waals surface area contributed by atoms with Crippen molar-refractivity contribution < 1.29 is 22.7 Å². The van der Waals surface area contributed by atoms with Gasteiger partial charge in [-0.25, -0.2) is 0 Å². The number of fused-ring (bicyclic) bond motifs is 1. The third kappa shape index (κ3) is 6.17. The van der Waals surface area contributed by atoms with Crippen LogP contribution in [0, 0.1) is 0 Å². The number of benzene rings is 3. The molecule has 0 radical (unpaired) electrons. The summed E-state index contributed by atoms with van der Waals surface area (Å²) in [7, 11) is 1.65. The second-order valence-electron chi connectivity index (χ2n) is 9.48. The first-order chi connectivity index (χ1) is 17.5. The van der Waals surface area contributed by atoms with Crippen LogP contribution in [-0.2, 0) is 29.5 Å². The highest BCUT2D eigenvalue weighted by Gasteiger charge is 2.30. The maximum atomic E-state index is 13.8. The van der Waals surface area contributed by atoms with Crippen LogP contribution in [-0.4, -0.2) is 29.4 Å². The second-order valence-corrected chi connectivity index (χ2v) is 9.92. The zero-order valence-electron chi connectivity index (χ0n) is 20.8. The number of amides is 1. The molecular formula is C29H28ClF3N2O2. The summed E-state index contributed by atoms with van der Waals surface area (Å²) in [5, 5.41) is 1.24. The summed E-state index contributed by atoms with van der Waals surface area (Å²) in [6.45, 7) is 4.43. The van der Waals surface area contributed by atoms with Crippen molar-refractivity contribution in [1.82, 2.24) is 9.88 Å². The van der Waals surface area contributed by atoms with Gasteiger partial charge >= 0.3 is 6.18 Å². The van der Waals surface area contributed by atoms with Crippen LogP contribution in [0.2, 0.25) is 5.02 Å². The molecule has 0 fully saturated rings. The first-order valence-corrected chi connectivity index (χ1v) is 12.2. The van der Waals surface area contributed by atoms with E-state index >= 15 is 0 Å². The molecule has 37 heavy (non-hydrogen) atoms. The predicted molar refractivity (Wildman–Crippen MR) is 140 cm³/mol. The number of carbonyl (C=O) groups excluding carboxylic acids is 1. The van der Waals surface area contributed by atoms with Crippen LogP contribution < -0.4 is 0 Å². The zero-order valence-corrected chi connectivity index (χ0v) is 21.6. The topological polar surface area (TPSA) is 45.3 Å². The Morgan fingerprint density at radius 2 is 1.70 bits per heavy atom. The molecule has 4 rings (SSSR count). The smallest absolute Gasteiger partial charge is 0.374 e. The summed E-state index contributed by atoms with van der Waals surface area (Å²) in [4.78, 5) is 18.5. The second kappa shape index (κ2) is 10.6. The lowest BCUT2D eigenvalue weighted by molar-refractivity contribution is -0.137. The van der Waals surface area contributed by atoms with Crippen molar-refractivity contribution in [3.8, 4) is 0 Å². The van der Waals surface area contributed by atoms with Crippen LogP contribution in [0.3, 0.4) is 0 Å². The van der Waals surface area contributed by atoms with Gasteiger partial charge in [0.15, 0.2) is 0 Å². The van der Waals surface area contributed by atoms with Crippen molar-refractivity contribution >= 4 is 28.4 Å². The molecule has 0 spiro atoms. The van der Waals surface area contributed by atoms with Gasteiger partial charge in [-0.15, -0.1) is 0 Å². The number of ether oxygens (including phenoxy) is 1. The quantitative estimate of drug-likeness (QED) is 0.256. The molecule has 8 heteroatoms. The SMILES string of the molecule is COC(C)(C)c1ccc(CN(CCc2cccc(C(F)(F)F)c2)C(=O)c2cc(Cl)cc3cc[nH]c23)cc1. The van der Waals surface area contributed by atoms with Crippen LogP contribution in [0.1, 0.15) is 46.5 Å². The number of hydrogen-bond acceptors (Lipinski definition) is 2. The highest BCUT2D eigenvalue weighted by atomic mass is 35.5. The van der Waals surface area contributed by atoms with Crippen molar-refractivity contribution in [2.45, 2.75) is 38.6 Å². The van der Waals surface area contributed by atoms with E-state index in [0.717, 1.165) is 28.6 Å². The van der Waals surface area contributed by atoms with E-state index in [4.69, 9.17) is 16.3 Å². The van der Waals surface area contributed by atoms with Gasteiger partial charge in [-0.1, -0.05) is 54.1 Å². The Bertz CT molecular complexity index is 1390. The van der Waals surface area contributed by atoms with Gasteiger partial charge in [0.2, 0.25) is 0 Å². The Morgan fingerprint density at radius 1 is 0.973 bits per heavy atom. The number of halogens is 4. The van der Waals surface area contributed by atoms with E-state index in [1.807, 2.05) is 44.2 Å². The summed E-state index contributed by atoms with van der Waals surface area (Å²) in [6, 6.07) is 18.2. The van der Waals surface area contributed by atoms with Gasteiger partial charge in [0.1, 0.15) is 0 Å². The van der Waals surface area contributed by atoms with E-state index in [0.29, 0.717) is 21.7 Å². The molecule has 0 saturated carbocycles. The fourth-order valence-corrected chi connectivity index (χ4v) is 4.47. The van der Waals surface area contributed by atoms with Gasteiger partial charge in [0.05, 0.1) is 22.2 Å². The molecule has 0 aliphatic rings. The van der Waals surface area contributed by atoms with Crippen LogP contribution in [0.15, 0.2) is 72.9 Å². The molecule has 1 N–H and O–H groups in total. The van der Waals surface area contributed by atoms with Gasteiger partial charge in [-0.3, -0.25) is 4.79 Å². The molecule has 0 aliphatic carbocycles. The molecule has 3 aromatic carbocycles. The Balaban J connectivity index is 1.64. The molecular weight excluding hydrogens is 501 g/mol. The molecule has 4 nitrogen and oxygen atoms in total. The molecule has 0 atom stereocenters. The minimum absolute atomic E-state index is 0.222. The molecule has 1 heterocycles.